The van der Waals surface area contributed by atoms with Crippen LogP contribution in [0.25, 0.3) is 0 Å². The molecule has 0 radical (unpaired) electrons. The summed E-state index contributed by atoms with van der Waals surface area (Å²) < 4.78 is 5.05. The summed E-state index contributed by atoms with van der Waals surface area (Å²) in [5.41, 5.74) is 2.38. The molecule has 0 bridgehead atoms. The summed E-state index contributed by atoms with van der Waals surface area (Å²) in [7, 11) is 0. The molecule has 1 amide bonds. The van der Waals surface area contributed by atoms with E-state index in [4.69, 9.17) is 4.74 Å². The lowest BCUT2D eigenvalue weighted by atomic mass is 9.98. The molecule has 2 aromatic rings. The number of esters is 1. The van der Waals surface area contributed by atoms with Crippen LogP contribution in [0, 0.1) is 13.8 Å². The summed E-state index contributed by atoms with van der Waals surface area (Å²) in [6.07, 6.45) is 0. The molecule has 0 spiro atoms. The highest BCUT2D eigenvalue weighted by atomic mass is 16.5. The Balaban J connectivity index is 2.39. The number of benzene rings is 1. The van der Waals surface area contributed by atoms with Gasteiger partial charge in [0.2, 0.25) is 0 Å². The minimum atomic E-state index is -0.684. The normalized spacial score (nSPS) is 12.0. The zero-order valence-corrected chi connectivity index (χ0v) is 17.3. The summed E-state index contributed by atoms with van der Waals surface area (Å²) in [6, 6.07) is 8.05. The van der Waals surface area contributed by atoms with E-state index < -0.39 is 12.0 Å². The highest BCUT2D eigenvalue weighted by Gasteiger charge is 2.33. The third-order valence-corrected chi connectivity index (χ3v) is 4.77. The number of aromatic amines is 1. The Hall–Kier alpha value is -2.89. The molecule has 0 aliphatic heterocycles. The molecule has 28 heavy (non-hydrogen) atoms. The Labute approximate surface area is 165 Å². The van der Waals surface area contributed by atoms with Gasteiger partial charge in [0.05, 0.1) is 12.6 Å². The molecule has 0 saturated carbocycles. The van der Waals surface area contributed by atoms with Crippen LogP contribution in [0.1, 0.15) is 70.2 Å². The van der Waals surface area contributed by atoms with Gasteiger partial charge < -0.3 is 14.6 Å². The number of H-pyrrole nitrogens is 1. The molecule has 2 rings (SSSR count). The van der Waals surface area contributed by atoms with Gasteiger partial charge in [-0.2, -0.15) is 0 Å². The van der Waals surface area contributed by atoms with Gasteiger partial charge in [0.15, 0.2) is 5.78 Å². The van der Waals surface area contributed by atoms with Crippen molar-refractivity contribution in [3.8, 4) is 0 Å². The van der Waals surface area contributed by atoms with Crippen molar-refractivity contribution < 1.29 is 19.1 Å². The zero-order chi connectivity index (χ0) is 21.0. The number of aryl methyl sites for hydroxylation is 1. The molecule has 6 nitrogen and oxygen atoms in total. The van der Waals surface area contributed by atoms with Crippen LogP contribution in [0.2, 0.25) is 0 Å². The molecule has 0 saturated heterocycles. The number of nitrogens with one attached hydrogen (secondary N) is 1. The molecular formula is C22H28N2O4. The lowest BCUT2D eigenvalue weighted by molar-refractivity contribution is 0.0518. The molecule has 0 aliphatic carbocycles. The Morgan fingerprint density at radius 3 is 2.21 bits per heavy atom. The van der Waals surface area contributed by atoms with Crippen molar-refractivity contribution in [2.45, 2.75) is 53.6 Å². The average molecular weight is 384 g/mol. The van der Waals surface area contributed by atoms with Gasteiger partial charge in [0, 0.05) is 22.9 Å². The lowest BCUT2D eigenvalue weighted by Crippen LogP contribution is -2.47. The maximum absolute atomic E-state index is 13.3. The maximum Gasteiger partial charge on any atom is 0.355 e. The standard InChI is InChI=1S/C22H28N2O4/c1-7-28-22(27)19-14(4)18(15(5)23-19)20(25)16(6)24(13(2)3)21(26)17-11-9-8-10-12-17/h8-13,16,23H,7H2,1-6H3/t16-/m1/s1. The fourth-order valence-electron chi connectivity index (χ4n) is 3.45. The zero-order valence-electron chi connectivity index (χ0n) is 17.3. The molecule has 1 heterocycles. The van der Waals surface area contributed by atoms with Crippen molar-refractivity contribution >= 4 is 17.7 Å². The van der Waals surface area contributed by atoms with Crippen molar-refractivity contribution in [1.82, 2.24) is 9.88 Å². The second kappa shape index (κ2) is 8.87. The second-order valence-electron chi connectivity index (χ2n) is 7.06. The van der Waals surface area contributed by atoms with Crippen LogP contribution < -0.4 is 0 Å². The molecule has 1 aromatic heterocycles. The number of hydrogen-bond acceptors (Lipinski definition) is 4. The average Bonchev–Trinajstić information content (AvgIpc) is 2.96. The van der Waals surface area contributed by atoms with Crippen LogP contribution >= 0.6 is 0 Å². The van der Waals surface area contributed by atoms with Gasteiger partial charge in [-0.25, -0.2) is 4.79 Å². The van der Waals surface area contributed by atoms with Gasteiger partial charge in [0.25, 0.3) is 5.91 Å². The highest BCUT2D eigenvalue weighted by molar-refractivity contribution is 6.07. The van der Waals surface area contributed by atoms with Crippen molar-refractivity contribution in [1.29, 1.82) is 0 Å². The topological polar surface area (TPSA) is 79.5 Å². The summed E-state index contributed by atoms with van der Waals surface area (Å²) in [5.74, 6) is -0.899. The fourth-order valence-corrected chi connectivity index (χ4v) is 3.45. The summed E-state index contributed by atoms with van der Waals surface area (Å²) in [5, 5.41) is 0. The van der Waals surface area contributed by atoms with E-state index in [2.05, 4.69) is 4.98 Å². The number of carbonyl (C=O) groups excluding carboxylic acids is 3. The molecule has 0 aliphatic rings. The van der Waals surface area contributed by atoms with Gasteiger partial charge in [-0.1, -0.05) is 18.2 Å². The molecule has 1 N–H and O–H groups in total. The molecule has 1 aromatic carbocycles. The van der Waals surface area contributed by atoms with Crippen LogP contribution in [0.3, 0.4) is 0 Å². The molecule has 6 heteroatoms. The van der Waals surface area contributed by atoms with Crippen molar-refractivity contribution in [3.63, 3.8) is 0 Å². The first-order valence-electron chi connectivity index (χ1n) is 9.48. The first-order valence-corrected chi connectivity index (χ1v) is 9.48. The summed E-state index contributed by atoms with van der Waals surface area (Å²) in [4.78, 5) is 43.0. The Kier molecular flexibility index (Phi) is 6.78. The SMILES string of the molecule is CCOC(=O)c1[nH]c(C)c(C(=O)[C@@H](C)N(C(=O)c2ccccc2)C(C)C)c1C. The Bertz CT molecular complexity index is 868. The number of carbonyl (C=O) groups is 3. The number of ether oxygens (including phenoxy) is 1. The van der Waals surface area contributed by atoms with Crippen LogP contribution in [-0.2, 0) is 4.74 Å². The largest absolute Gasteiger partial charge is 0.461 e. The summed E-state index contributed by atoms with van der Waals surface area (Å²) in [6.45, 7) is 10.9. The number of Topliss-reactive ketones (excluding diaryl/α,β-unsaturated/α-hetero) is 1. The molecule has 0 unspecified atom stereocenters. The van der Waals surface area contributed by atoms with E-state index in [9.17, 15) is 14.4 Å². The quantitative estimate of drug-likeness (QED) is 0.579. The molecular weight excluding hydrogens is 356 g/mol. The third kappa shape index (κ3) is 4.16. The number of nitrogens with zero attached hydrogens (tertiary/aromatic N) is 1. The smallest absolute Gasteiger partial charge is 0.355 e. The van der Waals surface area contributed by atoms with E-state index in [1.165, 1.54) is 0 Å². The number of amides is 1. The van der Waals surface area contributed by atoms with Crippen LogP contribution in [0.4, 0.5) is 0 Å². The van der Waals surface area contributed by atoms with Crippen molar-refractivity contribution in [2.24, 2.45) is 0 Å². The number of ketones is 1. The van der Waals surface area contributed by atoms with E-state index in [1.54, 1.807) is 56.9 Å². The summed E-state index contributed by atoms with van der Waals surface area (Å²) >= 11 is 0. The number of aromatic nitrogens is 1. The predicted octanol–water partition coefficient (Wildman–Crippen LogP) is 3.93. The number of hydrogen-bond donors (Lipinski definition) is 1. The monoisotopic (exact) mass is 384 g/mol. The molecule has 0 fully saturated rings. The van der Waals surface area contributed by atoms with Crippen LogP contribution in [0.15, 0.2) is 30.3 Å². The van der Waals surface area contributed by atoms with Crippen molar-refractivity contribution in [2.75, 3.05) is 6.61 Å². The highest BCUT2D eigenvalue weighted by Crippen LogP contribution is 2.23. The third-order valence-electron chi connectivity index (χ3n) is 4.77. The fraction of sp³-hybridized carbons (Fsp3) is 0.409. The van der Waals surface area contributed by atoms with E-state index in [1.807, 2.05) is 19.9 Å². The van der Waals surface area contributed by atoms with Gasteiger partial charge in [0.1, 0.15) is 5.69 Å². The first kappa shape index (κ1) is 21.4. The van der Waals surface area contributed by atoms with Crippen LogP contribution in [-0.4, -0.2) is 46.2 Å². The van der Waals surface area contributed by atoms with E-state index in [-0.39, 0.29) is 30.0 Å². The van der Waals surface area contributed by atoms with Crippen LogP contribution in [0.5, 0.6) is 0 Å². The minimum Gasteiger partial charge on any atom is -0.461 e. The maximum atomic E-state index is 13.3. The predicted molar refractivity (Wildman–Crippen MR) is 108 cm³/mol. The Morgan fingerprint density at radius 1 is 1.07 bits per heavy atom. The van der Waals surface area contributed by atoms with Gasteiger partial charge in [-0.15, -0.1) is 0 Å². The minimum absolute atomic E-state index is 0.171. The van der Waals surface area contributed by atoms with E-state index in [0.717, 1.165) is 0 Å². The lowest BCUT2D eigenvalue weighted by Gasteiger charge is -2.32. The van der Waals surface area contributed by atoms with Gasteiger partial charge >= 0.3 is 5.97 Å². The van der Waals surface area contributed by atoms with E-state index >= 15 is 0 Å². The second-order valence-corrected chi connectivity index (χ2v) is 7.06. The number of rotatable bonds is 7. The van der Waals surface area contributed by atoms with Gasteiger partial charge in [-0.05, 0) is 59.2 Å². The van der Waals surface area contributed by atoms with E-state index in [0.29, 0.717) is 22.4 Å². The molecule has 1 atom stereocenters. The van der Waals surface area contributed by atoms with Gasteiger partial charge in [-0.3, -0.25) is 9.59 Å². The first-order chi connectivity index (χ1) is 13.2. The molecule has 150 valence electrons. The Morgan fingerprint density at radius 2 is 1.68 bits per heavy atom. The van der Waals surface area contributed by atoms with Crippen molar-refractivity contribution in [3.05, 3.63) is 58.4 Å².